The first-order valence-corrected chi connectivity index (χ1v) is 7.14. The number of anilines is 2. The van der Waals surface area contributed by atoms with Crippen LogP contribution in [0.4, 0.5) is 11.4 Å². The van der Waals surface area contributed by atoms with E-state index >= 15 is 0 Å². The van der Waals surface area contributed by atoms with Crippen LogP contribution in [0, 0.1) is 0 Å². The average molecular weight is 289 g/mol. The normalized spacial score (nSPS) is 15.0. The van der Waals surface area contributed by atoms with Crippen LogP contribution in [-0.2, 0) is 0 Å². The number of para-hydroxylation sites is 1. The van der Waals surface area contributed by atoms with Crippen LogP contribution in [-0.4, -0.2) is 16.6 Å². The first-order valence-electron chi connectivity index (χ1n) is 7.14. The van der Waals surface area contributed by atoms with Crippen molar-refractivity contribution >= 4 is 33.9 Å². The molecule has 2 heterocycles. The van der Waals surface area contributed by atoms with Gasteiger partial charge in [-0.15, -0.1) is 0 Å². The van der Waals surface area contributed by atoms with E-state index in [1.165, 1.54) is 5.57 Å². The zero-order chi connectivity index (χ0) is 15.1. The van der Waals surface area contributed by atoms with Crippen molar-refractivity contribution in [2.24, 2.45) is 0 Å². The lowest BCUT2D eigenvalue weighted by molar-refractivity contribution is 0.480. The number of phenols is 1. The molecular formula is C18H15N3O. The van der Waals surface area contributed by atoms with Crippen LogP contribution >= 0.6 is 0 Å². The maximum atomic E-state index is 9.94. The van der Waals surface area contributed by atoms with E-state index in [9.17, 15) is 5.11 Å². The van der Waals surface area contributed by atoms with Gasteiger partial charge in [0.2, 0.25) is 0 Å². The Morgan fingerprint density at radius 2 is 2.05 bits per heavy atom. The fourth-order valence-electron chi connectivity index (χ4n) is 2.94. The molecular weight excluding hydrogens is 274 g/mol. The topological polar surface area (TPSA) is 71.2 Å². The molecule has 4 N–H and O–H groups in total. The van der Waals surface area contributed by atoms with Crippen molar-refractivity contribution < 1.29 is 5.11 Å². The van der Waals surface area contributed by atoms with E-state index in [4.69, 9.17) is 5.73 Å². The summed E-state index contributed by atoms with van der Waals surface area (Å²) in [7, 11) is 0. The van der Waals surface area contributed by atoms with Gasteiger partial charge in [-0.3, -0.25) is 4.98 Å². The van der Waals surface area contributed by atoms with Gasteiger partial charge in [0.15, 0.2) is 0 Å². The van der Waals surface area contributed by atoms with E-state index in [1.54, 1.807) is 12.3 Å². The van der Waals surface area contributed by atoms with Crippen molar-refractivity contribution in [3.8, 4) is 5.75 Å². The summed E-state index contributed by atoms with van der Waals surface area (Å²) in [4.78, 5) is 4.26. The SMILES string of the molecule is Nc1cccc2c1NCC2=Cc1ccc(O)c2ncccc12. The number of nitrogens with zero attached hydrogens (tertiary/aromatic N) is 1. The molecule has 0 spiro atoms. The summed E-state index contributed by atoms with van der Waals surface area (Å²) in [6.07, 6.45) is 3.81. The van der Waals surface area contributed by atoms with E-state index in [-0.39, 0.29) is 5.75 Å². The molecule has 0 saturated carbocycles. The molecule has 0 radical (unpaired) electrons. The predicted octanol–water partition coefficient (Wildman–Crippen LogP) is 3.49. The molecule has 3 aromatic rings. The lowest BCUT2D eigenvalue weighted by atomic mass is 10.0. The summed E-state index contributed by atoms with van der Waals surface area (Å²) in [5.74, 6) is 0.201. The molecule has 2 aromatic carbocycles. The highest BCUT2D eigenvalue weighted by molar-refractivity contribution is 6.01. The summed E-state index contributed by atoms with van der Waals surface area (Å²) in [6, 6.07) is 13.4. The average Bonchev–Trinajstić information content (AvgIpc) is 2.95. The van der Waals surface area contributed by atoms with Crippen molar-refractivity contribution in [3.63, 3.8) is 0 Å². The van der Waals surface area contributed by atoms with Gasteiger partial charge in [-0.1, -0.05) is 24.3 Å². The van der Waals surface area contributed by atoms with Gasteiger partial charge in [0.25, 0.3) is 0 Å². The molecule has 0 fully saturated rings. The highest BCUT2D eigenvalue weighted by Gasteiger charge is 2.17. The quantitative estimate of drug-likeness (QED) is 0.600. The lowest BCUT2D eigenvalue weighted by Crippen LogP contribution is -1.95. The second-order valence-electron chi connectivity index (χ2n) is 5.37. The molecule has 4 nitrogen and oxygen atoms in total. The van der Waals surface area contributed by atoms with Crippen LogP contribution in [0.5, 0.6) is 5.75 Å². The largest absolute Gasteiger partial charge is 0.506 e. The number of hydrogen-bond acceptors (Lipinski definition) is 4. The van der Waals surface area contributed by atoms with Crippen LogP contribution in [0.1, 0.15) is 11.1 Å². The summed E-state index contributed by atoms with van der Waals surface area (Å²) >= 11 is 0. The summed E-state index contributed by atoms with van der Waals surface area (Å²) in [5.41, 5.74) is 11.7. The van der Waals surface area contributed by atoms with Crippen molar-refractivity contribution in [1.29, 1.82) is 0 Å². The van der Waals surface area contributed by atoms with Gasteiger partial charge in [-0.05, 0) is 35.4 Å². The molecule has 0 bridgehead atoms. The van der Waals surface area contributed by atoms with Crippen LogP contribution < -0.4 is 11.1 Å². The van der Waals surface area contributed by atoms with E-state index in [0.29, 0.717) is 5.52 Å². The number of nitrogens with two attached hydrogens (primary N) is 1. The molecule has 0 atom stereocenters. The molecule has 22 heavy (non-hydrogen) atoms. The smallest absolute Gasteiger partial charge is 0.141 e. The molecule has 0 unspecified atom stereocenters. The second-order valence-corrected chi connectivity index (χ2v) is 5.37. The molecule has 1 aliphatic rings. The number of fused-ring (bicyclic) bond motifs is 2. The Labute approximate surface area is 127 Å². The van der Waals surface area contributed by atoms with Crippen LogP contribution in [0.2, 0.25) is 0 Å². The molecule has 108 valence electrons. The maximum absolute atomic E-state index is 9.94. The Hall–Kier alpha value is -3.01. The highest BCUT2D eigenvalue weighted by Crippen LogP contribution is 2.37. The molecule has 4 heteroatoms. The third-order valence-corrected chi connectivity index (χ3v) is 4.01. The van der Waals surface area contributed by atoms with E-state index < -0.39 is 0 Å². The van der Waals surface area contributed by atoms with Gasteiger partial charge < -0.3 is 16.2 Å². The molecule has 0 aliphatic carbocycles. The number of aromatic nitrogens is 1. The number of pyridine rings is 1. The molecule has 4 rings (SSSR count). The number of nitrogen functional groups attached to an aromatic ring is 1. The van der Waals surface area contributed by atoms with E-state index in [1.807, 2.05) is 30.3 Å². The number of phenolic OH excluding ortho intramolecular Hbond substituents is 1. The number of nitrogens with one attached hydrogen (secondary N) is 1. The maximum Gasteiger partial charge on any atom is 0.141 e. The van der Waals surface area contributed by atoms with Crippen molar-refractivity contribution in [3.05, 3.63) is 59.8 Å². The molecule has 0 saturated heterocycles. The van der Waals surface area contributed by atoms with Crippen LogP contribution in [0.15, 0.2) is 48.7 Å². The van der Waals surface area contributed by atoms with Crippen molar-refractivity contribution in [1.82, 2.24) is 4.98 Å². The van der Waals surface area contributed by atoms with Gasteiger partial charge >= 0.3 is 0 Å². The third kappa shape index (κ3) is 1.89. The number of hydrogen-bond donors (Lipinski definition) is 3. The van der Waals surface area contributed by atoms with Crippen molar-refractivity contribution in [2.45, 2.75) is 0 Å². The van der Waals surface area contributed by atoms with E-state index in [0.717, 1.165) is 34.4 Å². The standard InChI is InChI=1S/C18H15N3O/c19-15-5-1-3-14-12(10-21-17(14)15)9-11-6-7-16(22)18-13(11)4-2-8-20-18/h1-9,21-22H,10,19H2. The van der Waals surface area contributed by atoms with Gasteiger partial charge in [0, 0.05) is 23.7 Å². The predicted molar refractivity (Wildman–Crippen MR) is 90.6 cm³/mol. The van der Waals surface area contributed by atoms with Crippen LogP contribution in [0.3, 0.4) is 0 Å². The molecule has 0 amide bonds. The molecule has 1 aliphatic heterocycles. The number of rotatable bonds is 1. The minimum absolute atomic E-state index is 0.201. The fourth-order valence-corrected chi connectivity index (χ4v) is 2.94. The Balaban J connectivity index is 1.90. The first-order chi connectivity index (χ1) is 10.7. The second kappa shape index (κ2) is 4.77. The number of benzene rings is 2. The van der Waals surface area contributed by atoms with Gasteiger partial charge in [0.05, 0.1) is 11.4 Å². The van der Waals surface area contributed by atoms with Gasteiger partial charge in [-0.25, -0.2) is 0 Å². The minimum atomic E-state index is 0.201. The Bertz CT molecular complexity index is 915. The third-order valence-electron chi connectivity index (χ3n) is 4.01. The summed E-state index contributed by atoms with van der Waals surface area (Å²) in [5, 5.41) is 14.2. The van der Waals surface area contributed by atoms with Gasteiger partial charge in [-0.2, -0.15) is 0 Å². The zero-order valence-electron chi connectivity index (χ0n) is 11.9. The Morgan fingerprint density at radius 1 is 1.14 bits per heavy atom. The Kier molecular flexibility index (Phi) is 2.76. The molecule has 1 aromatic heterocycles. The minimum Gasteiger partial charge on any atom is -0.506 e. The van der Waals surface area contributed by atoms with Gasteiger partial charge in [0.1, 0.15) is 11.3 Å². The fraction of sp³-hybridized carbons (Fsp3) is 0.0556. The Morgan fingerprint density at radius 3 is 2.95 bits per heavy atom. The first kappa shape index (κ1) is 12.7. The van der Waals surface area contributed by atoms with Crippen molar-refractivity contribution in [2.75, 3.05) is 17.6 Å². The number of aromatic hydroxyl groups is 1. The summed E-state index contributed by atoms with van der Waals surface area (Å²) < 4.78 is 0. The zero-order valence-corrected chi connectivity index (χ0v) is 11.9. The summed E-state index contributed by atoms with van der Waals surface area (Å²) in [6.45, 7) is 0.742. The highest BCUT2D eigenvalue weighted by atomic mass is 16.3. The monoisotopic (exact) mass is 289 g/mol. The van der Waals surface area contributed by atoms with E-state index in [2.05, 4.69) is 22.4 Å². The van der Waals surface area contributed by atoms with Crippen LogP contribution in [0.25, 0.3) is 22.6 Å². The lowest BCUT2D eigenvalue weighted by Gasteiger charge is -2.06.